The number of methoxy groups -OCH3 is 2. The van der Waals surface area contributed by atoms with Crippen molar-refractivity contribution in [2.24, 2.45) is 0 Å². The molecule has 2 heterocycles. The van der Waals surface area contributed by atoms with E-state index >= 15 is 0 Å². The van der Waals surface area contributed by atoms with Crippen LogP contribution in [0.25, 0.3) is 22.6 Å². The summed E-state index contributed by atoms with van der Waals surface area (Å²) in [7, 11) is 3.26. The number of hydrogen-bond acceptors (Lipinski definition) is 5. The number of ether oxygens (including phenoxy) is 2. The fourth-order valence-electron chi connectivity index (χ4n) is 2.39. The van der Waals surface area contributed by atoms with Gasteiger partial charge in [-0.3, -0.25) is 5.10 Å². The Morgan fingerprint density at radius 2 is 1.74 bits per heavy atom. The molecule has 0 radical (unpaired) electrons. The Balaban J connectivity index is 2.09. The van der Waals surface area contributed by atoms with Crippen LogP contribution in [0.4, 0.5) is 0 Å². The van der Waals surface area contributed by atoms with Crippen molar-refractivity contribution in [1.82, 2.24) is 20.4 Å². The molecule has 0 unspecified atom stereocenters. The van der Waals surface area contributed by atoms with Crippen LogP contribution in [0.15, 0.2) is 30.3 Å². The Kier molecular flexibility index (Phi) is 3.97. The summed E-state index contributed by atoms with van der Waals surface area (Å²) in [6.45, 7) is 4.01. The van der Waals surface area contributed by atoms with Crippen LogP contribution in [-0.2, 0) is 0 Å². The molecule has 0 aliphatic heterocycles. The molecule has 0 spiro atoms. The largest absolute Gasteiger partial charge is 0.497 e. The van der Waals surface area contributed by atoms with E-state index in [2.05, 4.69) is 20.4 Å². The smallest absolute Gasteiger partial charge is 0.216 e. The van der Waals surface area contributed by atoms with Crippen molar-refractivity contribution >= 4 is 0 Å². The van der Waals surface area contributed by atoms with Gasteiger partial charge >= 0.3 is 0 Å². The number of nitrogens with one attached hydrogen (secondary N) is 1. The Hall–Kier alpha value is -2.89. The molecule has 6 nitrogen and oxygen atoms in total. The van der Waals surface area contributed by atoms with Crippen LogP contribution < -0.4 is 9.47 Å². The third-order valence-corrected chi connectivity index (χ3v) is 3.85. The summed E-state index contributed by atoms with van der Waals surface area (Å²) >= 11 is 0. The van der Waals surface area contributed by atoms with Crippen LogP contribution in [0, 0.1) is 13.8 Å². The Labute approximate surface area is 134 Å². The van der Waals surface area contributed by atoms with Gasteiger partial charge in [-0.15, -0.1) is 5.10 Å². The Morgan fingerprint density at radius 1 is 1.00 bits per heavy atom. The second-order valence-electron chi connectivity index (χ2n) is 5.22. The first kappa shape index (κ1) is 15.0. The fraction of sp³-hybridized carbons (Fsp3) is 0.235. The van der Waals surface area contributed by atoms with E-state index in [4.69, 9.17) is 9.47 Å². The Bertz CT molecular complexity index is 825. The molecular formula is C17H18N4O2. The molecule has 0 atom stereocenters. The van der Waals surface area contributed by atoms with Gasteiger partial charge in [0.1, 0.15) is 11.4 Å². The quantitative estimate of drug-likeness (QED) is 0.801. The minimum Gasteiger partial charge on any atom is -0.497 e. The van der Waals surface area contributed by atoms with Gasteiger partial charge in [-0.2, -0.15) is 0 Å². The van der Waals surface area contributed by atoms with Gasteiger partial charge in [-0.1, -0.05) is 5.21 Å². The van der Waals surface area contributed by atoms with E-state index in [-0.39, 0.29) is 0 Å². The molecule has 0 aliphatic rings. The van der Waals surface area contributed by atoms with Crippen molar-refractivity contribution in [3.63, 3.8) is 0 Å². The zero-order valence-electron chi connectivity index (χ0n) is 13.5. The topological polar surface area (TPSA) is 72.9 Å². The highest BCUT2D eigenvalue weighted by molar-refractivity contribution is 5.76. The highest BCUT2D eigenvalue weighted by Gasteiger charge is 2.16. The van der Waals surface area contributed by atoms with Crippen LogP contribution in [0.5, 0.6) is 11.6 Å². The molecule has 0 bridgehead atoms. The van der Waals surface area contributed by atoms with Crippen LogP contribution in [-0.4, -0.2) is 34.6 Å². The fourth-order valence-corrected chi connectivity index (χ4v) is 2.39. The molecule has 1 aromatic carbocycles. The van der Waals surface area contributed by atoms with Gasteiger partial charge in [0.25, 0.3) is 0 Å². The Morgan fingerprint density at radius 3 is 2.39 bits per heavy atom. The highest BCUT2D eigenvalue weighted by Crippen LogP contribution is 2.31. The van der Waals surface area contributed by atoms with Crippen molar-refractivity contribution in [2.75, 3.05) is 14.2 Å². The number of hydrogen-bond donors (Lipinski definition) is 1. The van der Waals surface area contributed by atoms with Crippen molar-refractivity contribution in [3.05, 3.63) is 41.5 Å². The number of benzene rings is 1. The third-order valence-electron chi connectivity index (χ3n) is 3.85. The molecule has 23 heavy (non-hydrogen) atoms. The van der Waals surface area contributed by atoms with Gasteiger partial charge in [0.05, 0.1) is 25.6 Å². The van der Waals surface area contributed by atoms with E-state index in [1.807, 2.05) is 44.2 Å². The number of rotatable bonds is 4. The number of pyridine rings is 1. The zero-order chi connectivity index (χ0) is 16.4. The van der Waals surface area contributed by atoms with E-state index in [0.717, 1.165) is 33.8 Å². The maximum absolute atomic E-state index is 5.35. The summed E-state index contributed by atoms with van der Waals surface area (Å²) in [6.07, 6.45) is 0. The summed E-state index contributed by atoms with van der Waals surface area (Å²) in [4.78, 5) is 4.54. The van der Waals surface area contributed by atoms with Gasteiger partial charge in [0.15, 0.2) is 0 Å². The lowest BCUT2D eigenvalue weighted by Gasteiger charge is -2.09. The van der Waals surface area contributed by atoms with E-state index in [1.165, 1.54) is 0 Å². The van der Waals surface area contributed by atoms with Crippen molar-refractivity contribution in [1.29, 1.82) is 0 Å². The number of aromatic nitrogens is 4. The zero-order valence-corrected chi connectivity index (χ0v) is 13.5. The van der Waals surface area contributed by atoms with Crippen LogP contribution >= 0.6 is 0 Å². The highest BCUT2D eigenvalue weighted by atomic mass is 16.5. The normalized spacial score (nSPS) is 10.6. The van der Waals surface area contributed by atoms with Gasteiger partial charge < -0.3 is 9.47 Å². The lowest BCUT2D eigenvalue weighted by Crippen LogP contribution is -1.97. The van der Waals surface area contributed by atoms with E-state index in [1.54, 1.807) is 14.2 Å². The average Bonchev–Trinajstić information content (AvgIpc) is 3.07. The molecule has 3 rings (SSSR count). The number of H-pyrrole nitrogens is 1. The minimum absolute atomic E-state index is 0.601. The predicted octanol–water partition coefficient (Wildman–Crippen LogP) is 3.17. The molecular weight excluding hydrogens is 292 g/mol. The van der Waals surface area contributed by atoms with Gasteiger partial charge in [-0.05, 0) is 49.7 Å². The van der Waals surface area contributed by atoms with E-state index in [9.17, 15) is 0 Å². The first-order valence-corrected chi connectivity index (χ1v) is 7.22. The monoisotopic (exact) mass is 310 g/mol. The third kappa shape index (κ3) is 2.75. The summed E-state index contributed by atoms with van der Waals surface area (Å²) in [6, 6.07) is 9.69. The first-order chi connectivity index (χ1) is 11.1. The standard InChI is InChI=1S/C17H18N4O2/c1-10-9-14(18-17(23-4)11(10)2)16-15(19-21-20-16)12-5-7-13(22-3)8-6-12/h5-9H,1-4H3,(H,19,20,21). The van der Waals surface area contributed by atoms with Crippen LogP contribution in [0.2, 0.25) is 0 Å². The van der Waals surface area contributed by atoms with E-state index < -0.39 is 0 Å². The second kappa shape index (κ2) is 6.08. The maximum atomic E-state index is 5.35. The molecule has 0 saturated carbocycles. The molecule has 1 N–H and O–H groups in total. The molecule has 0 fully saturated rings. The van der Waals surface area contributed by atoms with Gasteiger partial charge in [-0.25, -0.2) is 4.98 Å². The molecule has 0 saturated heterocycles. The summed E-state index contributed by atoms with van der Waals surface area (Å²) in [5.41, 5.74) is 5.30. The maximum Gasteiger partial charge on any atom is 0.216 e. The van der Waals surface area contributed by atoms with Crippen LogP contribution in [0.1, 0.15) is 11.1 Å². The van der Waals surface area contributed by atoms with Crippen molar-refractivity contribution in [2.45, 2.75) is 13.8 Å². The second-order valence-corrected chi connectivity index (χ2v) is 5.22. The van der Waals surface area contributed by atoms with Gasteiger partial charge in [0, 0.05) is 11.1 Å². The van der Waals surface area contributed by atoms with E-state index in [0.29, 0.717) is 11.6 Å². The lowest BCUT2D eigenvalue weighted by molar-refractivity contribution is 0.394. The molecule has 2 aromatic heterocycles. The lowest BCUT2D eigenvalue weighted by atomic mass is 10.1. The molecule has 3 aromatic rings. The summed E-state index contributed by atoms with van der Waals surface area (Å²) in [5, 5.41) is 11.1. The predicted molar refractivity (Wildman–Crippen MR) is 87.6 cm³/mol. The number of nitrogens with zero attached hydrogens (tertiary/aromatic N) is 3. The number of aryl methyl sites for hydroxylation is 1. The molecule has 6 heteroatoms. The summed E-state index contributed by atoms with van der Waals surface area (Å²) < 4.78 is 10.5. The van der Waals surface area contributed by atoms with Crippen molar-refractivity contribution in [3.8, 4) is 34.3 Å². The molecule has 118 valence electrons. The summed E-state index contributed by atoms with van der Waals surface area (Å²) in [5.74, 6) is 1.40. The first-order valence-electron chi connectivity index (χ1n) is 7.22. The SMILES string of the molecule is COc1ccc(-c2[nH]nnc2-c2cc(C)c(C)c(OC)n2)cc1. The van der Waals surface area contributed by atoms with Gasteiger partial charge in [0.2, 0.25) is 5.88 Å². The average molecular weight is 310 g/mol. The molecule has 0 amide bonds. The number of aromatic amines is 1. The van der Waals surface area contributed by atoms with Crippen LogP contribution in [0.3, 0.4) is 0 Å². The van der Waals surface area contributed by atoms with Crippen molar-refractivity contribution < 1.29 is 9.47 Å². The molecule has 0 aliphatic carbocycles. The minimum atomic E-state index is 0.601.